The van der Waals surface area contributed by atoms with E-state index in [2.05, 4.69) is 20.0 Å². The molecule has 13 heteroatoms. The van der Waals surface area contributed by atoms with Crippen molar-refractivity contribution >= 4 is 55.8 Å². The average Bonchev–Trinajstić information content (AvgIpc) is 2.95. The molecule has 12 nitrogen and oxygen atoms in total. The predicted molar refractivity (Wildman–Crippen MR) is 168 cm³/mol. The molecule has 2 N–H and O–H groups in total. The highest BCUT2D eigenvalue weighted by molar-refractivity contribution is 7.88. The number of carbonyl (C=O) groups excluding carboxylic acids is 1. The minimum absolute atomic E-state index is 0.124. The molecule has 2 aromatic heterocycles. The number of ether oxygens (including phenoxy) is 1. The fourth-order valence-electron chi connectivity index (χ4n) is 4.98. The van der Waals surface area contributed by atoms with Crippen molar-refractivity contribution in [1.29, 1.82) is 0 Å². The number of nitrogens with one attached hydrogen (secondary N) is 2. The molecular weight excluding hydrogens is 570 g/mol. The van der Waals surface area contributed by atoms with Crippen LogP contribution in [0, 0.1) is 6.92 Å². The average molecular weight is 606 g/mol. The van der Waals surface area contributed by atoms with Gasteiger partial charge in [-0.1, -0.05) is 24.3 Å². The van der Waals surface area contributed by atoms with Crippen LogP contribution in [0.3, 0.4) is 0 Å². The summed E-state index contributed by atoms with van der Waals surface area (Å²) in [5, 5.41) is 3.78. The number of fused-ring (bicyclic) bond motifs is 2. The van der Waals surface area contributed by atoms with Crippen molar-refractivity contribution in [3.05, 3.63) is 76.2 Å². The van der Waals surface area contributed by atoms with Gasteiger partial charge in [-0.15, -0.1) is 0 Å². The quantitative estimate of drug-likeness (QED) is 0.329. The third-order valence-electron chi connectivity index (χ3n) is 7.04. The number of amides is 1. The number of aromatic nitrogens is 3. The molecule has 2 aromatic carbocycles. The molecule has 226 valence electrons. The van der Waals surface area contributed by atoms with Crippen molar-refractivity contribution in [1.82, 2.24) is 19.3 Å². The van der Waals surface area contributed by atoms with Crippen molar-refractivity contribution in [2.75, 3.05) is 35.3 Å². The lowest BCUT2D eigenvalue weighted by molar-refractivity contribution is 0.0580. The normalized spacial score (nSPS) is 13.6. The van der Waals surface area contributed by atoms with Gasteiger partial charge in [0, 0.05) is 37.4 Å². The molecule has 0 spiro atoms. The van der Waals surface area contributed by atoms with Gasteiger partial charge in [0.1, 0.15) is 16.9 Å². The van der Waals surface area contributed by atoms with Crippen LogP contribution >= 0.6 is 0 Å². The Hall–Kier alpha value is -4.49. The lowest BCUT2D eigenvalue weighted by atomic mass is 10.1. The van der Waals surface area contributed by atoms with Gasteiger partial charge in [-0.05, 0) is 70.1 Å². The molecule has 3 heterocycles. The number of nitrogens with zero attached hydrogens (tertiary/aromatic N) is 5. The first kappa shape index (κ1) is 30.0. The molecule has 0 radical (unpaired) electrons. The minimum Gasteiger partial charge on any atom is -0.443 e. The van der Waals surface area contributed by atoms with Gasteiger partial charge < -0.3 is 15.0 Å². The molecule has 4 aromatic rings. The summed E-state index contributed by atoms with van der Waals surface area (Å²) in [7, 11) is -0.332. The number of anilines is 5. The lowest BCUT2D eigenvalue weighted by Gasteiger charge is -2.39. The zero-order valence-electron chi connectivity index (χ0n) is 25.0. The summed E-state index contributed by atoms with van der Waals surface area (Å²) in [6, 6.07) is 14.4. The Balaban J connectivity index is 1.45. The van der Waals surface area contributed by atoms with E-state index in [4.69, 9.17) is 4.74 Å². The molecule has 1 aliphatic rings. The molecule has 1 aliphatic heterocycles. The summed E-state index contributed by atoms with van der Waals surface area (Å²) in [6.45, 7) is 8.16. The fourth-order valence-corrected chi connectivity index (χ4v) is 5.76. The maximum atomic E-state index is 13.7. The first-order chi connectivity index (χ1) is 20.3. The molecule has 0 unspecified atom stereocenters. The highest BCUT2D eigenvalue weighted by Gasteiger charge is 2.33. The molecule has 1 amide bonds. The first-order valence-corrected chi connectivity index (χ1v) is 15.4. The summed E-state index contributed by atoms with van der Waals surface area (Å²) >= 11 is 0. The van der Waals surface area contributed by atoms with Crippen molar-refractivity contribution in [2.24, 2.45) is 7.05 Å². The number of hydrogen-bond donors (Lipinski definition) is 2. The van der Waals surface area contributed by atoms with Gasteiger partial charge in [-0.25, -0.2) is 22.9 Å². The standard InChI is InChI=1S/C30H35N7O5S/c1-19-8-7-9-23-25(19)37(29(39)42-30(2,3)4)15-14-36(23)24-16-21-17-32-28(34-26(21)35(6)27(24)38)33-22-12-10-20(11-13-22)18-43(40,41)31-5/h7-13,16-17,31H,14-15,18H2,1-6H3,(H,32,33,34). The molecule has 0 aliphatic carbocycles. The van der Waals surface area contributed by atoms with Gasteiger partial charge in [0.2, 0.25) is 16.0 Å². The second-order valence-electron chi connectivity index (χ2n) is 11.4. The van der Waals surface area contributed by atoms with Crippen LogP contribution in [0.15, 0.2) is 59.5 Å². The van der Waals surface area contributed by atoms with E-state index in [1.165, 1.54) is 11.6 Å². The maximum absolute atomic E-state index is 13.7. The van der Waals surface area contributed by atoms with E-state index in [-0.39, 0.29) is 17.3 Å². The largest absolute Gasteiger partial charge is 0.443 e. The summed E-state index contributed by atoms with van der Waals surface area (Å²) in [4.78, 5) is 39.4. The molecule has 0 saturated heterocycles. The Morgan fingerprint density at radius 2 is 1.79 bits per heavy atom. The van der Waals surface area contributed by atoms with Crippen LogP contribution < -0.4 is 25.4 Å². The summed E-state index contributed by atoms with van der Waals surface area (Å²) in [6.07, 6.45) is 1.22. The van der Waals surface area contributed by atoms with Crippen LogP contribution in [0.5, 0.6) is 0 Å². The number of pyridine rings is 1. The highest BCUT2D eigenvalue weighted by atomic mass is 32.2. The molecule has 5 rings (SSSR count). The Morgan fingerprint density at radius 3 is 2.47 bits per heavy atom. The van der Waals surface area contributed by atoms with Gasteiger partial charge in [-0.3, -0.25) is 14.3 Å². The van der Waals surface area contributed by atoms with E-state index >= 15 is 0 Å². The Morgan fingerprint density at radius 1 is 1.07 bits per heavy atom. The van der Waals surface area contributed by atoms with E-state index < -0.39 is 21.7 Å². The number of aryl methyl sites for hydroxylation is 2. The smallest absolute Gasteiger partial charge is 0.414 e. The second-order valence-corrected chi connectivity index (χ2v) is 13.3. The van der Waals surface area contributed by atoms with Gasteiger partial charge in [0.25, 0.3) is 5.56 Å². The first-order valence-electron chi connectivity index (χ1n) is 13.8. The lowest BCUT2D eigenvalue weighted by Crippen LogP contribution is -2.46. The zero-order valence-corrected chi connectivity index (χ0v) is 25.8. The van der Waals surface area contributed by atoms with Crippen molar-refractivity contribution < 1.29 is 17.9 Å². The minimum atomic E-state index is -3.38. The van der Waals surface area contributed by atoms with Crippen LogP contribution in [0.1, 0.15) is 31.9 Å². The zero-order chi connectivity index (χ0) is 31.1. The van der Waals surface area contributed by atoms with E-state index in [1.54, 1.807) is 48.5 Å². The number of carbonyl (C=O) groups is 1. The van der Waals surface area contributed by atoms with Crippen molar-refractivity contribution in [3.63, 3.8) is 0 Å². The van der Waals surface area contributed by atoms with E-state index in [0.717, 1.165) is 11.3 Å². The van der Waals surface area contributed by atoms with Gasteiger partial charge in [-0.2, -0.15) is 4.98 Å². The molecule has 0 bridgehead atoms. The maximum Gasteiger partial charge on any atom is 0.414 e. The van der Waals surface area contributed by atoms with Crippen LogP contribution in [-0.2, 0) is 27.6 Å². The van der Waals surface area contributed by atoms with E-state index in [1.807, 2.05) is 50.8 Å². The third kappa shape index (κ3) is 6.32. The molecule has 43 heavy (non-hydrogen) atoms. The molecular formula is C30H35N7O5S. The number of benzene rings is 2. The number of rotatable bonds is 6. The Kier molecular flexibility index (Phi) is 7.88. The van der Waals surface area contributed by atoms with Crippen LogP contribution in [-0.4, -0.2) is 54.8 Å². The molecule has 0 fully saturated rings. The Labute approximate surface area is 250 Å². The topological polar surface area (TPSA) is 139 Å². The van der Waals surface area contributed by atoms with Crippen molar-refractivity contribution in [3.8, 4) is 0 Å². The second kappa shape index (κ2) is 11.3. The van der Waals surface area contributed by atoms with Crippen LogP contribution in [0.25, 0.3) is 11.0 Å². The summed E-state index contributed by atoms with van der Waals surface area (Å²) < 4.78 is 33.1. The highest BCUT2D eigenvalue weighted by Crippen LogP contribution is 2.40. The van der Waals surface area contributed by atoms with Gasteiger partial charge >= 0.3 is 6.09 Å². The predicted octanol–water partition coefficient (Wildman–Crippen LogP) is 4.32. The SMILES string of the molecule is CNS(=O)(=O)Cc1ccc(Nc2ncc3cc(N4CCN(C(=O)OC(C)(C)C)c5c(C)cccc54)c(=O)n(C)c3n2)cc1. The fraction of sp³-hybridized carbons (Fsp3) is 0.333. The Bertz CT molecular complexity index is 1870. The van der Waals surface area contributed by atoms with Crippen LogP contribution in [0.4, 0.5) is 33.5 Å². The summed E-state index contributed by atoms with van der Waals surface area (Å²) in [5.74, 6) is 0.165. The van der Waals surface area contributed by atoms with E-state index in [9.17, 15) is 18.0 Å². The summed E-state index contributed by atoms with van der Waals surface area (Å²) in [5.41, 5.74) is 3.64. The monoisotopic (exact) mass is 605 g/mol. The van der Waals surface area contributed by atoms with Crippen molar-refractivity contribution in [2.45, 2.75) is 39.0 Å². The molecule has 0 saturated carbocycles. The van der Waals surface area contributed by atoms with Gasteiger partial charge in [0.15, 0.2) is 0 Å². The number of para-hydroxylation sites is 1. The van der Waals surface area contributed by atoms with Crippen LogP contribution in [0.2, 0.25) is 0 Å². The third-order valence-corrected chi connectivity index (χ3v) is 8.37. The number of hydrogen-bond acceptors (Lipinski definition) is 9. The number of sulfonamides is 1. The molecule has 0 atom stereocenters. The van der Waals surface area contributed by atoms with Gasteiger partial charge in [0.05, 0.1) is 17.1 Å². The van der Waals surface area contributed by atoms with E-state index in [0.29, 0.717) is 46.7 Å².